The van der Waals surface area contributed by atoms with Crippen LogP contribution in [0.2, 0.25) is 0 Å². The van der Waals surface area contributed by atoms with E-state index in [1.54, 1.807) is 24.5 Å². The number of fused-ring (bicyclic) bond motifs is 1. The minimum atomic E-state index is -0.0704. The quantitative estimate of drug-likeness (QED) is 0.267. The van der Waals surface area contributed by atoms with E-state index in [1.807, 2.05) is 6.07 Å². The smallest absolute Gasteiger partial charge is 0.251 e. The maximum atomic E-state index is 12.3. The molecule has 0 saturated heterocycles. The van der Waals surface area contributed by atoms with Crippen molar-refractivity contribution in [3.63, 3.8) is 0 Å². The highest BCUT2D eigenvalue weighted by Crippen LogP contribution is 2.24. The standard InChI is InChI=1S/C30H36N4O2/c1-30(2,3)24-12-14-25(15-13-24)36-22-7-6-21-34-27-10-5-4-9-26(27)33-28(34)11-8-18-32-29(35)23-16-19-31-20-17-23/h4-5,9-10,12-17,19-20H,6-8,11,18,21-22H2,1-3H3,(H,32,35). The van der Waals surface area contributed by atoms with Gasteiger partial charge in [-0.15, -0.1) is 0 Å². The molecule has 4 rings (SSSR count). The molecule has 1 amide bonds. The number of aromatic nitrogens is 3. The second-order valence-electron chi connectivity index (χ2n) is 10.1. The van der Waals surface area contributed by atoms with Gasteiger partial charge in [-0.2, -0.15) is 0 Å². The highest BCUT2D eigenvalue weighted by Gasteiger charge is 2.13. The van der Waals surface area contributed by atoms with Crippen LogP contribution in [0.3, 0.4) is 0 Å². The van der Waals surface area contributed by atoms with Gasteiger partial charge in [0.1, 0.15) is 11.6 Å². The number of aryl methyl sites for hydroxylation is 2. The third-order valence-electron chi connectivity index (χ3n) is 6.30. The van der Waals surface area contributed by atoms with Crippen LogP contribution >= 0.6 is 0 Å². The normalized spacial score (nSPS) is 11.5. The Kier molecular flexibility index (Phi) is 8.36. The van der Waals surface area contributed by atoms with E-state index >= 15 is 0 Å². The molecule has 0 atom stereocenters. The van der Waals surface area contributed by atoms with Gasteiger partial charge in [0.2, 0.25) is 0 Å². The number of imidazole rings is 1. The predicted octanol–water partition coefficient (Wildman–Crippen LogP) is 5.95. The lowest BCUT2D eigenvalue weighted by atomic mass is 9.87. The lowest BCUT2D eigenvalue weighted by molar-refractivity contribution is 0.0953. The van der Waals surface area contributed by atoms with Crippen LogP contribution in [0.4, 0.5) is 0 Å². The molecule has 0 saturated carbocycles. The van der Waals surface area contributed by atoms with Gasteiger partial charge in [-0.25, -0.2) is 4.98 Å². The van der Waals surface area contributed by atoms with Crippen molar-refractivity contribution < 1.29 is 9.53 Å². The Labute approximate surface area is 213 Å². The van der Waals surface area contributed by atoms with Crippen LogP contribution in [0.1, 0.15) is 61.8 Å². The van der Waals surface area contributed by atoms with Gasteiger partial charge in [-0.1, -0.05) is 45.0 Å². The zero-order valence-corrected chi connectivity index (χ0v) is 21.5. The fourth-order valence-corrected chi connectivity index (χ4v) is 4.23. The maximum Gasteiger partial charge on any atom is 0.251 e. The van der Waals surface area contributed by atoms with Gasteiger partial charge in [-0.05, 0) is 66.6 Å². The molecule has 0 radical (unpaired) electrons. The van der Waals surface area contributed by atoms with Crippen LogP contribution in [0.15, 0.2) is 73.1 Å². The number of amides is 1. The molecule has 2 aromatic heterocycles. The monoisotopic (exact) mass is 484 g/mol. The number of carbonyl (C=O) groups excluding carboxylic acids is 1. The average Bonchev–Trinajstić information content (AvgIpc) is 3.24. The Bertz CT molecular complexity index is 1260. The molecule has 0 aliphatic carbocycles. The number of rotatable bonds is 11. The third-order valence-corrected chi connectivity index (χ3v) is 6.30. The highest BCUT2D eigenvalue weighted by molar-refractivity contribution is 5.93. The Hall–Kier alpha value is -3.67. The minimum absolute atomic E-state index is 0.0704. The first kappa shape index (κ1) is 25.4. The van der Waals surface area contributed by atoms with E-state index < -0.39 is 0 Å². The number of ether oxygens (including phenoxy) is 1. The molecule has 2 aromatic carbocycles. The van der Waals surface area contributed by atoms with E-state index in [9.17, 15) is 4.79 Å². The van der Waals surface area contributed by atoms with E-state index in [0.717, 1.165) is 54.8 Å². The van der Waals surface area contributed by atoms with Crippen LogP contribution in [-0.2, 0) is 18.4 Å². The van der Waals surface area contributed by atoms with Crippen LogP contribution in [0.25, 0.3) is 11.0 Å². The van der Waals surface area contributed by atoms with Crippen molar-refractivity contribution in [3.8, 4) is 5.75 Å². The van der Waals surface area contributed by atoms with Crippen molar-refractivity contribution >= 4 is 16.9 Å². The average molecular weight is 485 g/mol. The van der Waals surface area contributed by atoms with Crippen LogP contribution in [0, 0.1) is 0 Å². The fraction of sp³-hybridized carbons (Fsp3) is 0.367. The number of unbranched alkanes of at least 4 members (excludes halogenated alkanes) is 1. The lowest BCUT2D eigenvalue weighted by Crippen LogP contribution is -2.25. The number of benzene rings is 2. The minimum Gasteiger partial charge on any atom is -0.494 e. The molecule has 0 aliphatic heterocycles. The summed E-state index contributed by atoms with van der Waals surface area (Å²) >= 11 is 0. The summed E-state index contributed by atoms with van der Waals surface area (Å²) in [5, 5.41) is 2.99. The molecular weight excluding hydrogens is 448 g/mol. The Morgan fingerprint density at radius 1 is 0.944 bits per heavy atom. The molecule has 188 valence electrons. The Morgan fingerprint density at radius 3 is 2.44 bits per heavy atom. The number of para-hydroxylation sites is 2. The molecule has 1 N–H and O–H groups in total. The molecule has 4 aromatic rings. The van der Waals surface area contributed by atoms with Gasteiger partial charge in [-0.3, -0.25) is 9.78 Å². The summed E-state index contributed by atoms with van der Waals surface area (Å²) in [5.74, 6) is 1.91. The molecular formula is C30H36N4O2. The lowest BCUT2D eigenvalue weighted by Gasteiger charge is -2.19. The van der Waals surface area contributed by atoms with E-state index in [-0.39, 0.29) is 11.3 Å². The summed E-state index contributed by atoms with van der Waals surface area (Å²) < 4.78 is 8.30. The topological polar surface area (TPSA) is 69.0 Å². The summed E-state index contributed by atoms with van der Waals surface area (Å²) in [4.78, 5) is 21.1. The number of hydrogen-bond acceptors (Lipinski definition) is 4. The van der Waals surface area contributed by atoms with Crippen LogP contribution in [-0.4, -0.2) is 33.6 Å². The largest absolute Gasteiger partial charge is 0.494 e. The van der Waals surface area contributed by atoms with Crippen molar-refractivity contribution in [2.24, 2.45) is 0 Å². The molecule has 0 fully saturated rings. The number of carbonyl (C=O) groups is 1. The molecule has 36 heavy (non-hydrogen) atoms. The van der Waals surface area contributed by atoms with Gasteiger partial charge in [0, 0.05) is 37.5 Å². The predicted molar refractivity (Wildman–Crippen MR) is 144 cm³/mol. The Morgan fingerprint density at radius 2 is 1.69 bits per heavy atom. The van der Waals surface area contributed by atoms with Crippen molar-refractivity contribution in [3.05, 3.63) is 90.0 Å². The molecule has 2 heterocycles. The SMILES string of the molecule is CC(C)(C)c1ccc(OCCCCn2c(CCCNC(=O)c3ccncc3)nc3ccccc32)cc1. The number of nitrogens with one attached hydrogen (secondary N) is 1. The van der Waals surface area contributed by atoms with E-state index in [1.165, 1.54) is 5.56 Å². The van der Waals surface area contributed by atoms with Crippen molar-refractivity contribution in [2.45, 2.75) is 58.4 Å². The summed E-state index contributed by atoms with van der Waals surface area (Å²) in [6.07, 6.45) is 6.87. The first-order chi connectivity index (χ1) is 17.4. The zero-order valence-electron chi connectivity index (χ0n) is 21.5. The van der Waals surface area contributed by atoms with Gasteiger partial charge in [0.15, 0.2) is 0 Å². The molecule has 6 nitrogen and oxygen atoms in total. The van der Waals surface area contributed by atoms with E-state index in [4.69, 9.17) is 9.72 Å². The molecule has 6 heteroatoms. The van der Waals surface area contributed by atoms with Gasteiger partial charge in [0.25, 0.3) is 5.91 Å². The second-order valence-corrected chi connectivity index (χ2v) is 10.1. The Balaban J connectivity index is 1.27. The third kappa shape index (κ3) is 6.72. The van der Waals surface area contributed by atoms with Gasteiger partial charge < -0.3 is 14.6 Å². The first-order valence-electron chi connectivity index (χ1n) is 12.8. The summed E-state index contributed by atoms with van der Waals surface area (Å²) in [5.41, 5.74) is 4.26. The van der Waals surface area contributed by atoms with E-state index in [2.05, 4.69) is 78.1 Å². The van der Waals surface area contributed by atoms with Crippen LogP contribution in [0.5, 0.6) is 5.75 Å². The molecule has 0 spiro atoms. The number of nitrogens with zero attached hydrogens (tertiary/aromatic N) is 3. The highest BCUT2D eigenvalue weighted by atomic mass is 16.5. The fourth-order valence-electron chi connectivity index (χ4n) is 4.23. The summed E-state index contributed by atoms with van der Waals surface area (Å²) in [7, 11) is 0. The summed E-state index contributed by atoms with van der Waals surface area (Å²) in [6, 6.07) is 20.2. The molecule has 0 bridgehead atoms. The van der Waals surface area contributed by atoms with Crippen molar-refractivity contribution in [1.29, 1.82) is 0 Å². The maximum absolute atomic E-state index is 12.3. The van der Waals surface area contributed by atoms with Crippen molar-refractivity contribution in [2.75, 3.05) is 13.2 Å². The molecule has 0 aliphatic rings. The van der Waals surface area contributed by atoms with E-state index in [0.29, 0.717) is 18.7 Å². The second kappa shape index (κ2) is 11.8. The molecule has 0 unspecified atom stereocenters. The van der Waals surface area contributed by atoms with Gasteiger partial charge in [0.05, 0.1) is 17.6 Å². The zero-order chi connectivity index (χ0) is 25.4. The first-order valence-corrected chi connectivity index (χ1v) is 12.8. The van der Waals surface area contributed by atoms with Gasteiger partial charge >= 0.3 is 0 Å². The number of hydrogen-bond donors (Lipinski definition) is 1. The number of pyridine rings is 1. The van der Waals surface area contributed by atoms with Crippen molar-refractivity contribution in [1.82, 2.24) is 19.9 Å². The summed E-state index contributed by atoms with van der Waals surface area (Å²) in [6.45, 7) is 8.84. The van der Waals surface area contributed by atoms with Crippen LogP contribution < -0.4 is 10.1 Å².